The van der Waals surface area contributed by atoms with Crippen molar-refractivity contribution in [2.45, 2.75) is 84.9 Å². The first-order valence-corrected chi connectivity index (χ1v) is 14.2. The fourth-order valence-electron chi connectivity index (χ4n) is 5.27. The lowest BCUT2D eigenvalue weighted by molar-refractivity contribution is -0.611. The SMILES string of the molecule is Cc1cc[n+]([O-])c(C)c1-c1ccc(NC(=O)[C@@H](NC(=O)c2conc2CNC(=O)OC(C)(C)C)C2CCCCC2)cc1. The molecule has 1 aliphatic rings. The summed E-state index contributed by atoms with van der Waals surface area (Å²) in [5.41, 5.74) is 3.55. The van der Waals surface area contributed by atoms with Gasteiger partial charge in [0.2, 0.25) is 5.91 Å². The molecule has 0 spiro atoms. The van der Waals surface area contributed by atoms with Gasteiger partial charge in [-0.15, -0.1) is 0 Å². The number of ether oxygens (including phenoxy) is 1. The van der Waals surface area contributed by atoms with Crippen molar-refractivity contribution in [2.24, 2.45) is 5.92 Å². The highest BCUT2D eigenvalue weighted by molar-refractivity contribution is 6.01. The molecule has 1 aliphatic carbocycles. The lowest BCUT2D eigenvalue weighted by atomic mass is 9.83. The maximum Gasteiger partial charge on any atom is 0.407 e. The second-order valence-corrected chi connectivity index (χ2v) is 11.7. The number of carbonyl (C=O) groups excluding carboxylic acids is 3. The summed E-state index contributed by atoms with van der Waals surface area (Å²) in [4.78, 5) is 39.0. The van der Waals surface area contributed by atoms with E-state index in [-0.39, 0.29) is 29.6 Å². The van der Waals surface area contributed by atoms with Gasteiger partial charge in [0.1, 0.15) is 29.2 Å². The smallest absolute Gasteiger partial charge is 0.407 e. The fraction of sp³-hybridized carbons (Fsp3) is 0.452. The van der Waals surface area contributed by atoms with Crippen LogP contribution in [0.3, 0.4) is 0 Å². The van der Waals surface area contributed by atoms with Gasteiger partial charge in [-0.3, -0.25) is 9.59 Å². The van der Waals surface area contributed by atoms with Crippen molar-refractivity contribution in [2.75, 3.05) is 5.32 Å². The summed E-state index contributed by atoms with van der Waals surface area (Å²) in [5.74, 6) is -0.871. The highest BCUT2D eigenvalue weighted by Crippen LogP contribution is 2.29. The Labute approximate surface area is 245 Å². The molecule has 0 bridgehead atoms. The molecular weight excluding hydrogens is 538 g/mol. The number of pyridine rings is 1. The molecule has 3 amide bonds. The van der Waals surface area contributed by atoms with Crippen molar-refractivity contribution in [1.82, 2.24) is 15.8 Å². The third kappa shape index (κ3) is 7.65. The summed E-state index contributed by atoms with van der Waals surface area (Å²) in [6.45, 7) is 8.90. The summed E-state index contributed by atoms with van der Waals surface area (Å²) < 4.78 is 11.1. The Morgan fingerprint density at radius 1 is 1.10 bits per heavy atom. The number of anilines is 1. The van der Waals surface area contributed by atoms with E-state index in [1.807, 2.05) is 19.1 Å². The Morgan fingerprint density at radius 3 is 2.45 bits per heavy atom. The maximum atomic E-state index is 13.6. The summed E-state index contributed by atoms with van der Waals surface area (Å²) in [6, 6.07) is 8.29. The molecule has 3 aromatic rings. The lowest BCUT2D eigenvalue weighted by Crippen LogP contribution is -2.49. The van der Waals surface area contributed by atoms with Crippen molar-refractivity contribution in [1.29, 1.82) is 0 Å². The van der Waals surface area contributed by atoms with Crippen LogP contribution in [0.4, 0.5) is 10.5 Å². The number of aromatic nitrogens is 2. The van der Waals surface area contributed by atoms with Crippen LogP contribution in [0.1, 0.15) is 80.2 Å². The predicted molar refractivity (Wildman–Crippen MR) is 156 cm³/mol. The van der Waals surface area contributed by atoms with Crippen LogP contribution >= 0.6 is 0 Å². The minimum absolute atomic E-state index is 0.0349. The molecule has 0 unspecified atom stereocenters. The zero-order valence-corrected chi connectivity index (χ0v) is 24.8. The summed E-state index contributed by atoms with van der Waals surface area (Å²) in [6.07, 6.45) is 6.73. The van der Waals surface area contributed by atoms with Gasteiger partial charge in [0.15, 0.2) is 11.9 Å². The van der Waals surface area contributed by atoms with Gasteiger partial charge in [-0.1, -0.05) is 36.6 Å². The van der Waals surface area contributed by atoms with Crippen LogP contribution in [0, 0.1) is 25.0 Å². The molecule has 2 aromatic heterocycles. The molecule has 1 aromatic carbocycles. The summed E-state index contributed by atoms with van der Waals surface area (Å²) in [7, 11) is 0. The second-order valence-electron chi connectivity index (χ2n) is 11.7. The molecule has 2 heterocycles. The van der Waals surface area contributed by atoms with E-state index in [2.05, 4.69) is 21.1 Å². The van der Waals surface area contributed by atoms with E-state index in [4.69, 9.17) is 9.26 Å². The van der Waals surface area contributed by atoms with E-state index in [0.29, 0.717) is 11.4 Å². The first-order chi connectivity index (χ1) is 19.9. The number of nitrogens with zero attached hydrogens (tertiary/aromatic N) is 2. The molecule has 3 N–H and O–H groups in total. The quantitative estimate of drug-likeness (QED) is 0.254. The van der Waals surface area contributed by atoms with Gasteiger partial charge in [0.25, 0.3) is 5.91 Å². The number of nitrogens with one attached hydrogen (secondary N) is 3. The Hall–Kier alpha value is -4.41. The number of amides is 3. The van der Waals surface area contributed by atoms with Crippen molar-refractivity contribution in [3.05, 3.63) is 70.5 Å². The van der Waals surface area contributed by atoms with E-state index in [0.717, 1.165) is 53.5 Å². The monoisotopic (exact) mass is 577 g/mol. The van der Waals surface area contributed by atoms with Gasteiger partial charge in [-0.2, -0.15) is 4.73 Å². The average molecular weight is 578 g/mol. The lowest BCUT2D eigenvalue weighted by Gasteiger charge is -2.30. The highest BCUT2D eigenvalue weighted by atomic mass is 16.6. The molecule has 42 heavy (non-hydrogen) atoms. The standard InChI is InChI=1S/C31H39N5O6/c1-19-15-16-36(40)20(2)26(19)21-11-13-23(14-12-21)33-29(38)27(22-9-7-6-8-10-22)34-28(37)24-18-41-35-25(24)17-32-30(39)42-31(3,4)5/h11-16,18,22,27H,6-10,17H2,1-5H3,(H,32,39)(H,33,38)(H,34,37)/t27-/m0/s1. The minimum atomic E-state index is -0.780. The Balaban J connectivity index is 1.47. The first kappa shape index (κ1) is 30.5. The van der Waals surface area contributed by atoms with Crippen molar-refractivity contribution in [3.63, 3.8) is 0 Å². The number of benzene rings is 1. The van der Waals surface area contributed by atoms with Gasteiger partial charge in [-0.05, 0) is 69.7 Å². The molecule has 4 rings (SSSR count). The molecule has 224 valence electrons. The van der Waals surface area contributed by atoms with Gasteiger partial charge in [0.05, 0.1) is 12.1 Å². The second kappa shape index (κ2) is 13.1. The van der Waals surface area contributed by atoms with Crippen molar-refractivity contribution < 1.29 is 28.4 Å². The number of hydrogen-bond donors (Lipinski definition) is 3. The number of hydrogen-bond acceptors (Lipinski definition) is 7. The summed E-state index contributed by atoms with van der Waals surface area (Å²) >= 11 is 0. The average Bonchev–Trinajstić information content (AvgIpc) is 3.42. The highest BCUT2D eigenvalue weighted by Gasteiger charge is 2.32. The fourth-order valence-corrected chi connectivity index (χ4v) is 5.27. The zero-order valence-electron chi connectivity index (χ0n) is 24.8. The molecular formula is C31H39N5O6. The van der Waals surface area contributed by atoms with Crippen LogP contribution in [0.5, 0.6) is 0 Å². The number of rotatable bonds is 8. The largest absolute Gasteiger partial charge is 0.618 e. The van der Waals surface area contributed by atoms with Crippen LogP contribution in [0.25, 0.3) is 11.1 Å². The van der Waals surface area contributed by atoms with Gasteiger partial charge >= 0.3 is 6.09 Å². The van der Waals surface area contributed by atoms with Crippen LogP contribution in [-0.4, -0.2) is 34.7 Å². The van der Waals surface area contributed by atoms with Crippen molar-refractivity contribution in [3.8, 4) is 11.1 Å². The molecule has 0 radical (unpaired) electrons. The van der Waals surface area contributed by atoms with Gasteiger partial charge < -0.3 is 30.4 Å². The van der Waals surface area contributed by atoms with E-state index in [1.54, 1.807) is 45.9 Å². The third-order valence-electron chi connectivity index (χ3n) is 7.37. The van der Waals surface area contributed by atoms with Crippen LogP contribution in [0.15, 0.2) is 47.3 Å². The van der Waals surface area contributed by atoms with Crippen LogP contribution in [0.2, 0.25) is 0 Å². The molecule has 11 nitrogen and oxygen atoms in total. The number of alkyl carbamates (subject to hydrolysis) is 1. The van der Waals surface area contributed by atoms with E-state index < -0.39 is 23.6 Å². The van der Waals surface area contributed by atoms with Crippen molar-refractivity contribution >= 4 is 23.6 Å². The Bertz CT molecular complexity index is 1420. The minimum Gasteiger partial charge on any atom is -0.618 e. The molecule has 1 atom stereocenters. The normalized spacial score (nSPS) is 14.6. The van der Waals surface area contributed by atoms with E-state index in [1.165, 1.54) is 12.5 Å². The summed E-state index contributed by atoms with van der Waals surface area (Å²) in [5, 5.41) is 24.4. The third-order valence-corrected chi connectivity index (χ3v) is 7.37. The topological polar surface area (TPSA) is 149 Å². The van der Waals surface area contributed by atoms with E-state index in [9.17, 15) is 19.6 Å². The molecule has 11 heteroatoms. The molecule has 0 aliphatic heterocycles. The number of aryl methyl sites for hydroxylation is 1. The zero-order chi connectivity index (χ0) is 30.4. The molecule has 1 fully saturated rings. The first-order valence-electron chi connectivity index (χ1n) is 14.2. The van der Waals surface area contributed by atoms with Gasteiger partial charge in [0, 0.05) is 18.7 Å². The molecule has 0 saturated heterocycles. The Kier molecular flexibility index (Phi) is 9.49. The number of carbonyl (C=O) groups is 3. The van der Waals surface area contributed by atoms with Gasteiger partial charge in [-0.25, -0.2) is 4.79 Å². The Morgan fingerprint density at radius 2 is 1.79 bits per heavy atom. The predicted octanol–water partition coefficient (Wildman–Crippen LogP) is 4.93. The maximum absolute atomic E-state index is 13.6. The van der Waals surface area contributed by atoms with Crippen LogP contribution < -0.4 is 20.7 Å². The molecule has 1 saturated carbocycles. The van der Waals surface area contributed by atoms with Crippen LogP contribution in [-0.2, 0) is 16.1 Å². The van der Waals surface area contributed by atoms with E-state index >= 15 is 0 Å².